The highest BCUT2D eigenvalue weighted by atomic mass is 16.1. The molecule has 2 nitrogen and oxygen atoms in total. The average Bonchev–Trinajstić information content (AvgIpc) is 2.25. The van der Waals surface area contributed by atoms with E-state index >= 15 is 0 Å². The van der Waals surface area contributed by atoms with Crippen LogP contribution < -0.4 is 5.32 Å². The molecule has 1 aromatic rings. The van der Waals surface area contributed by atoms with E-state index in [1.807, 2.05) is 36.4 Å². The van der Waals surface area contributed by atoms with Crippen LogP contribution in [0.4, 0.5) is 0 Å². The summed E-state index contributed by atoms with van der Waals surface area (Å²) in [6.45, 7) is 4.86. The Bertz CT molecular complexity index is 328. The number of amides is 1. The van der Waals surface area contributed by atoms with Crippen molar-refractivity contribution in [2.24, 2.45) is 5.92 Å². The summed E-state index contributed by atoms with van der Waals surface area (Å²) in [4.78, 5) is 11.3. The fourth-order valence-corrected chi connectivity index (χ4v) is 1.10. The highest BCUT2D eigenvalue weighted by Crippen LogP contribution is 2.00. The SMILES string of the molecule is CC(C)CNC(=O)C=Cc1ccccc1. The molecular weight excluding hydrogens is 186 g/mol. The van der Waals surface area contributed by atoms with E-state index in [1.54, 1.807) is 6.08 Å². The fourth-order valence-electron chi connectivity index (χ4n) is 1.10. The van der Waals surface area contributed by atoms with Crippen LogP contribution in [-0.2, 0) is 4.79 Å². The number of rotatable bonds is 4. The van der Waals surface area contributed by atoms with Gasteiger partial charge in [0.05, 0.1) is 0 Å². The van der Waals surface area contributed by atoms with Crippen molar-refractivity contribution in [3.8, 4) is 0 Å². The average molecular weight is 203 g/mol. The zero-order valence-corrected chi connectivity index (χ0v) is 9.23. The van der Waals surface area contributed by atoms with E-state index in [0.717, 1.165) is 12.1 Å². The van der Waals surface area contributed by atoms with Gasteiger partial charge in [-0.3, -0.25) is 4.79 Å². The Balaban J connectivity index is 2.41. The van der Waals surface area contributed by atoms with Gasteiger partial charge in [-0.15, -0.1) is 0 Å². The normalized spacial score (nSPS) is 10.9. The van der Waals surface area contributed by atoms with Gasteiger partial charge in [0, 0.05) is 12.6 Å². The second-order valence-electron chi connectivity index (χ2n) is 3.88. The van der Waals surface area contributed by atoms with Crippen molar-refractivity contribution >= 4 is 12.0 Å². The van der Waals surface area contributed by atoms with Gasteiger partial charge in [0.15, 0.2) is 0 Å². The Morgan fingerprint density at radius 3 is 2.60 bits per heavy atom. The van der Waals surface area contributed by atoms with Gasteiger partial charge < -0.3 is 5.32 Å². The number of carbonyl (C=O) groups excluding carboxylic acids is 1. The Labute approximate surface area is 91.0 Å². The molecule has 0 aromatic heterocycles. The van der Waals surface area contributed by atoms with Gasteiger partial charge in [-0.1, -0.05) is 44.2 Å². The summed E-state index contributed by atoms with van der Waals surface area (Å²) in [5.74, 6) is 0.451. The van der Waals surface area contributed by atoms with Crippen LogP contribution in [0.3, 0.4) is 0 Å². The van der Waals surface area contributed by atoms with Crippen molar-refractivity contribution in [3.05, 3.63) is 42.0 Å². The molecule has 1 rings (SSSR count). The number of nitrogens with one attached hydrogen (secondary N) is 1. The number of hydrogen-bond acceptors (Lipinski definition) is 1. The quantitative estimate of drug-likeness (QED) is 0.748. The topological polar surface area (TPSA) is 29.1 Å². The smallest absolute Gasteiger partial charge is 0.244 e. The van der Waals surface area contributed by atoms with E-state index < -0.39 is 0 Å². The van der Waals surface area contributed by atoms with Gasteiger partial charge in [0.1, 0.15) is 0 Å². The molecule has 0 aliphatic rings. The monoisotopic (exact) mass is 203 g/mol. The lowest BCUT2D eigenvalue weighted by Crippen LogP contribution is -2.25. The summed E-state index contributed by atoms with van der Waals surface area (Å²) < 4.78 is 0. The van der Waals surface area contributed by atoms with Gasteiger partial charge in [-0.2, -0.15) is 0 Å². The molecular formula is C13H17NO. The summed E-state index contributed by atoms with van der Waals surface area (Å²) in [6.07, 6.45) is 3.38. The lowest BCUT2D eigenvalue weighted by atomic mass is 10.2. The van der Waals surface area contributed by atoms with Crippen LogP contribution >= 0.6 is 0 Å². The predicted octanol–water partition coefficient (Wildman–Crippen LogP) is 2.47. The molecule has 0 aliphatic heterocycles. The van der Waals surface area contributed by atoms with E-state index in [2.05, 4.69) is 19.2 Å². The van der Waals surface area contributed by atoms with Gasteiger partial charge in [0.2, 0.25) is 5.91 Å². The first kappa shape index (κ1) is 11.5. The molecule has 80 valence electrons. The standard InChI is InChI=1S/C13H17NO/c1-11(2)10-14-13(15)9-8-12-6-4-3-5-7-12/h3-9,11H,10H2,1-2H3,(H,14,15). The minimum absolute atomic E-state index is 0.0347. The maximum absolute atomic E-state index is 11.3. The second-order valence-corrected chi connectivity index (χ2v) is 3.88. The summed E-state index contributed by atoms with van der Waals surface area (Å²) in [5, 5.41) is 2.83. The molecule has 1 N–H and O–H groups in total. The summed E-state index contributed by atoms with van der Waals surface area (Å²) in [5.41, 5.74) is 1.04. The molecule has 1 aromatic carbocycles. The molecule has 0 unspecified atom stereocenters. The van der Waals surface area contributed by atoms with Gasteiger partial charge >= 0.3 is 0 Å². The minimum Gasteiger partial charge on any atom is -0.352 e. The number of benzene rings is 1. The Morgan fingerprint density at radius 1 is 1.33 bits per heavy atom. The zero-order valence-electron chi connectivity index (χ0n) is 9.23. The van der Waals surface area contributed by atoms with Crippen molar-refractivity contribution < 1.29 is 4.79 Å². The molecule has 2 heteroatoms. The predicted molar refractivity (Wildman–Crippen MR) is 63.3 cm³/mol. The third-order valence-electron chi connectivity index (χ3n) is 1.91. The van der Waals surface area contributed by atoms with E-state index in [1.165, 1.54) is 0 Å². The van der Waals surface area contributed by atoms with Crippen LogP contribution in [-0.4, -0.2) is 12.5 Å². The van der Waals surface area contributed by atoms with Crippen molar-refractivity contribution in [2.45, 2.75) is 13.8 Å². The summed E-state index contributed by atoms with van der Waals surface area (Å²) in [7, 11) is 0. The van der Waals surface area contributed by atoms with Crippen LogP contribution in [0, 0.1) is 5.92 Å². The van der Waals surface area contributed by atoms with Crippen LogP contribution in [0.25, 0.3) is 6.08 Å². The molecule has 0 saturated carbocycles. The lowest BCUT2D eigenvalue weighted by molar-refractivity contribution is -0.116. The summed E-state index contributed by atoms with van der Waals surface area (Å²) >= 11 is 0. The number of carbonyl (C=O) groups is 1. The molecule has 15 heavy (non-hydrogen) atoms. The fraction of sp³-hybridized carbons (Fsp3) is 0.308. The van der Waals surface area contributed by atoms with Crippen molar-refractivity contribution in [1.29, 1.82) is 0 Å². The summed E-state index contributed by atoms with van der Waals surface area (Å²) in [6, 6.07) is 9.78. The molecule has 0 fully saturated rings. The van der Waals surface area contributed by atoms with Crippen molar-refractivity contribution in [2.75, 3.05) is 6.54 Å². The molecule has 0 radical (unpaired) electrons. The van der Waals surface area contributed by atoms with Gasteiger partial charge in [-0.25, -0.2) is 0 Å². The highest BCUT2D eigenvalue weighted by Gasteiger charge is 1.96. The first-order valence-electron chi connectivity index (χ1n) is 5.19. The van der Waals surface area contributed by atoms with Crippen molar-refractivity contribution in [3.63, 3.8) is 0 Å². The largest absolute Gasteiger partial charge is 0.352 e. The third-order valence-corrected chi connectivity index (χ3v) is 1.91. The third kappa shape index (κ3) is 5.01. The Hall–Kier alpha value is -1.57. The maximum atomic E-state index is 11.3. The van der Waals surface area contributed by atoms with Crippen LogP contribution in [0.1, 0.15) is 19.4 Å². The molecule has 0 bridgehead atoms. The van der Waals surface area contributed by atoms with Crippen LogP contribution in [0.2, 0.25) is 0 Å². The second kappa shape index (κ2) is 6.02. The van der Waals surface area contributed by atoms with E-state index in [4.69, 9.17) is 0 Å². The molecule has 0 atom stereocenters. The van der Waals surface area contributed by atoms with Gasteiger partial charge in [0.25, 0.3) is 0 Å². The lowest BCUT2D eigenvalue weighted by Gasteiger charge is -2.04. The molecule has 0 aliphatic carbocycles. The Morgan fingerprint density at radius 2 is 2.00 bits per heavy atom. The van der Waals surface area contributed by atoms with Crippen molar-refractivity contribution in [1.82, 2.24) is 5.32 Å². The first-order chi connectivity index (χ1) is 7.18. The first-order valence-corrected chi connectivity index (χ1v) is 5.19. The van der Waals surface area contributed by atoms with Gasteiger partial charge in [-0.05, 0) is 17.6 Å². The highest BCUT2D eigenvalue weighted by molar-refractivity contribution is 5.91. The van der Waals surface area contributed by atoms with E-state index in [-0.39, 0.29) is 5.91 Å². The minimum atomic E-state index is -0.0347. The zero-order chi connectivity index (χ0) is 11.1. The van der Waals surface area contributed by atoms with E-state index in [9.17, 15) is 4.79 Å². The maximum Gasteiger partial charge on any atom is 0.244 e. The molecule has 0 saturated heterocycles. The molecule has 0 heterocycles. The number of hydrogen-bond donors (Lipinski definition) is 1. The molecule has 1 amide bonds. The van der Waals surface area contributed by atoms with Crippen LogP contribution in [0.15, 0.2) is 36.4 Å². The Kier molecular flexibility index (Phi) is 4.61. The van der Waals surface area contributed by atoms with E-state index in [0.29, 0.717) is 5.92 Å². The molecule has 0 spiro atoms. The van der Waals surface area contributed by atoms with Crippen LogP contribution in [0.5, 0.6) is 0 Å².